The van der Waals surface area contributed by atoms with E-state index in [4.69, 9.17) is 18.9 Å². The summed E-state index contributed by atoms with van der Waals surface area (Å²) in [4.78, 5) is 37.7. The molecule has 0 aliphatic heterocycles. The monoisotopic (exact) mass is 517 g/mol. The third kappa shape index (κ3) is 9.49. The van der Waals surface area contributed by atoms with Crippen molar-refractivity contribution in [2.24, 2.45) is 0 Å². The van der Waals surface area contributed by atoms with Crippen LogP contribution in [-0.4, -0.2) is 63.1 Å². The number of esters is 2. The van der Waals surface area contributed by atoms with Crippen LogP contribution in [0.1, 0.15) is 66.3 Å². The van der Waals surface area contributed by atoms with E-state index in [0.717, 1.165) is 19.0 Å². The minimum absolute atomic E-state index is 0.0267. The third-order valence-electron chi connectivity index (χ3n) is 5.30. The van der Waals surface area contributed by atoms with E-state index < -0.39 is 17.8 Å². The molecule has 0 heterocycles. The molecule has 2 aromatic carbocycles. The first kappa shape index (κ1) is 29.8. The fourth-order valence-corrected chi connectivity index (χ4v) is 3.57. The highest BCUT2D eigenvalue weighted by Gasteiger charge is 2.20. The molecular weight excluding hydrogens is 481 g/mol. The van der Waals surface area contributed by atoms with Gasteiger partial charge in [0.2, 0.25) is 0 Å². The fourth-order valence-electron chi connectivity index (χ4n) is 3.57. The van der Waals surface area contributed by atoms with E-state index in [1.165, 1.54) is 26.0 Å². The van der Waals surface area contributed by atoms with Gasteiger partial charge >= 0.3 is 11.9 Å². The van der Waals surface area contributed by atoms with Gasteiger partial charge in [0, 0.05) is 25.5 Å². The summed E-state index contributed by atoms with van der Waals surface area (Å²) in [5.41, 5.74) is 1.10. The summed E-state index contributed by atoms with van der Waals surface area (Å²) in [7, 11) is 3.86. The summed E-state index contributed by atoms with van der Waals surface area (Å²) in [6.45, 7) is 6.15. The highest BCUT2D eigenvalue weighted by Crippen LogP contribution is 2.34. The maximum absolute atomic E-state index is 14.4. The lowest BCUT2D eigenvalue weighted by Gasteiger charge is -2.17. The van der Waals surface area contributed by atoms with Crippen molar-refractivity contribution in [1.29, 1.82) is 0 Å². The minimum Gasteiger partial charge on any atom is -0.493 e. The molecule has 8 nitrogen and oxygen atoms in total. The second-order valence-electron chi connectivity index (χ2n) is 8.81. The Balaban J connectivity index is 1.92. The number of hydrogen-bond donors (Lipinski definition) is 0. The summed E-state index contributed by atoms with van der Waals surface area (Å²) in [6, 6.07) is 7.23. The van der Waals surface area contributed by atoms with Gasteiger partial charge in [0.05, 0.1) is 30.9 Å². The number of carbonyl (C=O) groups is 3. The van der Waals surface area contributed by atoms with Gasteiger partial charge in [0.15, 0.2) is 17.3 Å². The lowest BCUT2D eigenvalue weighted by atomic mass is 10.0. The quantitative estimate of drug-likeness (QED) is 0.143. The van der Waals surface area contributed by atoms with Gasteiger partial charge in [0.1, 0.15) is 11.5 Å². The Hall–Kier alpha value is -3.46. The third-order valence-corrected chi connectivity index (χ3v) is 5.30. The molecule has 202 valence electrons. The molecule has 0 bridgehead atoms. The molecule has 2 rings (SSSR count). The highest BCUT2D eigenvalue weighted by molar-refractivity contribution is 5.98. The normalized spacial score (nSPS) is 10.8. The van der Waals surface area contributed by atoms with Gasteiger partial charge in [-0.05, 0) is 64.2 Å². The van der Waals surface area contributed by atoms with Crippen molar-refractivity contribution in [2.75, 3.05) is 40.5 Å². The van der Waals surface area contributed by atoms with Gasteiger partial charge in [-0.2, -0.15) is 0 Å². The van der Waals surface area contributed by atoms with Crippen LogP contribution < -0.4 is 14.2 Å². The van der Waals surface area contributed by atoms with Crippen LogP contribution in [0.15, 0.2) is 30.3 Å². The second kappa shape index (κ2) is 14.9. The fraction of sp³-hybridized carbons (Fsp3) is 0.464. The SMILES string of the molecule is CCCc1c(OCCCOc2ccc(C(=O)OCCCN(C)C)cc2F)ccc(C(C)=O)c1OC(C)=O. The van der Waals surface area contributed by atoms with E-state index in [1.54, 1.807) is 12.1 Å². The van der Waals surface area contributed by atoms with Crippen molar-refractivity contribution in [1.82, 2.24) is 4.90 Å². The number of hydrogen-bond acceptors (Lipinski definition) is 8. The average molecular weight is 518 g/mol. The van der Waals surface area contributed by atoms with Crippen LogP contribution >= 0.6 is 0 Å². The summed E-state index contributed by atoms with van der Waals surface area (Å²) in [5, 5.41) is 0. The zero-order valence-electron chi connectivity index (χ0n) is 22.2. The molecule has 0 spiro atoms. The number of carbonyl (C=O) groups excluding carboxylic acids is 3. The van der Waals surface area contributed by atoms with Gasteiger partial charge in [-0.25, -0.2) is 9.18 Å². The Bertz CT molecular complexity index is 1080. The number of ketones is 1. The highest BCUT2D eigenvalue weighted by atomic mass is 19.1. The van der Waals surface area contributed by atoms with E-state index in [9.17, 15) is 18.8 Å². The van der Waals surface area contributed by atoms with Crippen molar-refractivity contribution in [3.63, 3.8) is 0 Å². The van der Waals surface area contributed by atoms with Crippen molar-refractivity contribution in [3.05, 3.63) is 52.8 Å². The average Bonchev–Trinajstić information content (AvgIpc) is 2.83. The molecule has 0 aliphatic carbocycles. The molecule has 0 amide bonds. The summed E-state index contributed by atoms with van der Waals surface area (Å²) < 4.78 is 36.3. The number of Topliss-reactive ketones (excluding diaryl/α,β-unsaturated/α-hetero) is 1. The first-order chi connectivity index (χ1) is 17.6. The molecule has 9 heteroatoms. The summed E-state index contributed by atoms with van der Waals surface area (Å²) >= 11 is 0. The number of nitrogens with zero attached hydrogens (tertiary/aromatic N) is 1. The Kier molecular flexibility index (Phi) is 12.0. The lowest BCUT2D eigenvalue weighted by Crippen LogP contribution is -2.16. The molecule has 2 aromatic rings. The second-order valence-corrected chi connectivity index (χ2v) is 8.81. The Morgan fingerprint density at radius 3 is 2.19 bits per heavy atom. The van der Waals surface area contributed by atoms with E-state index >= 15 is 0 Å². The van der Waals surface area contributed by atoms with Gasteiger partial charge in [-0.3, -0.25) is 9.59 Å². The summed E-state index contributed by atoms with van der Waals surface area (Å²) in [6.07, 6.45) is 2.45. The van der Waals surface area contributed by atoms with Gasteiger partial charge < -0.3 is 23.8 Å². The van der Waals surface area contributed by atoms with Crippen molar-refractivity contribution < 1.29 is 37.7 Å². The van der Waals surface area contributed by atoms with Crippen LogP contribution in [-0.2, 0) is 16.0 Å². The lowest BCUT2D eigenvalue weighted by molar-refractivity contribution is -0.131. The molecule has 0 radical (unpaired) electrons. The standard InChI is InChI=1S/C28H36FNO7/c1-6-9-23-25(13-11-22(19(2)31)27(23)37-20(3)32)34-16-8-17-35-26-12-10-21(18-24(26)29)28(33)36-15-7-14-30(4)5/h10-13,18H,6-9,14-17H2,1-5H3. The first-order valence-corrected chi connectivity index (χ1v) is 12.4. The molecule has 0 atom stereocenters. The summed E-state index contributed by atoms with van der Waals surface area (Å²) in [5.74, 6) is -1.19. The van der Waals surface area contributed by atoms with Crippen LogP contribution in [0.4, 0.5) is 4.39 Å². The largest absolute Gasteiger partial charge is 0.493 e. The topological polar surface area (TPSA) is 91.4 Å². The molecular formula is C28H36FNO7. The molecule has 0 aromatic heterocycles. The van der Waals surface area contributed by atoms with Crippen LogP contribution in [0.25, 0.3) is 0 Å². The smallest absolute Gasteiger partial charge is 0.338 e. The van der Waals surface area contributed by atoms with E-state index in [0.29, 0.717) is 36.1 Å². The van der Waals surface area contributed by atoms with Crippen molar-refractivity contribution in [2.45, 2.75) is 46.5 Å². The maximum atomic E-state index is 14.4. The van der Waals surface area contributed by atoms with Crippen molar-refractivity contribution in [3.8, 4) is 17.2 Å². The predicted octanol–water partition coefficient (Wildman–Crippen LogP) is 4.86. The van der Waals surface area contributed by atoms with Gasteiger partial charge in [0.25, 0.3) is 0 Å². The molecule has 0 saturated heterocycles. The number of ether oxygens (including phenoxy) is 4. The Morgan fingerprint density at radius 2 is 1.59 bits per heavy atom. The van der Waals surface area contributed by atoms with Crippen LogP contribution in [0.3, 0.4) is 0 Å². The number of rotatable bonds is 15. The number of benzene rings is 2. The van der Waals surface area contributed by atoms with Crippen LogP contribution in [0.2, 0.25) is 0 Å². The molecule has 0 unspecified atom stereocenters. The minimum atomic E-state index is -0.653. The van der Waals surface area contributed by atoms with Gasteiger partial charge in [-0.1, -0.05) is 13.3 Å². The van der Waals surface area contributed by atoms with E-state index in [-0.39, 0.29) is 42.7 Å². The zero-order valence-corrected chi connectivity index (χ0v) is 22.2. The van der Waals surface area contributed by atoms with Crippen LogP contribution in [0, 0.1) is 5.82 Å². The van der Waals surface area contributed by atoms with E-state index in [2.05, 4.69) is 0 Å². The van der Waals surface area contributed by atoms with Crippen LogP contribution in [0.5, 0.6) is 17.2 Å². The first-order valence-electron chi connectivity index (χ1n) is 12.4. The Labute approximate surface area is 217 Å². The van der Waals surface area contributed by atoms with E-state index in [1.807, 2.05) is 25.9 Å². The molecule has 37 heavy (non-hydrogen) atoms. The number of halogens is 1. The molecule has 0 N–H and O–H groups in total. The Morgan fingerprint density at radius 1 is 0.919 bits per heavy atom. The van der Waals surface area contributed by atoms with Crippen molar-refractivity contribution >= 4 is 17.7 Å². The van der Waals surface area contributed by atoms with Gasteiger partial charge in [-0.15, -0.1) is 0 Å². The zero-order chi connectivity index (χ0) is 27.4. The maximum Gasteiger partial charge on any atom is 0.338 e. The molecule has 0 fully saturated rings. The predicted molar refractivity (Wildman–Crippen MR) is 137 cm³/mol. The molecule has 0 aliphatic rings. The molecule has 0 saturated carbocycles.